The Bertz CT molecular complexity index is 1030. The lowest BCUT2D eigenvalue weighted by Gasteiger charge is -2.49. The van der Waals surface area contributed by atoms with E-state index in [1.165, 1.54) is 38.5 Å². The van der Waals surface area contributed by atoms with Gasteiger partial charge >= 0.3 is 0 Å². The molecule has 0 aliphatic heterocycles. The van der Waals surface area contributed by atoms with E-state index in [1.807, 2.05) is 33.7 Å². The van der Waals surface area contributed by atoms with Crippen molar-refractivity contribution in [1.82, 2.24) is 19.6 Å². The maximum absolute atomic E-state index is 13.2. The topological polar surface area (TPSA) is 90.1 Å². The van der Waals surface area contributed by atoms with Gasteiger partial charge in [0.15, 0.2) is 0 Å². The number of aliphatic hydroxyl groups is 2. The van der Waals surface area contributed by atoms with E-state index in [0.29, 0.717) is 36.2 Å². The van der Waals surface area contributed by atoms with Gasteiger partial charge in [0, 0.05) is 32.4 Å². The molecule has 172 valence electrons. The highest BCUT2D eigenvalue weighted by atomic mass is 16.3. The molecular weight excluding hydrogens is 404 g/mol. The van der Waals surface area contributed by atoms with Gasteiger partial charge in [-0.3, -0.25) is 14.1 Å². The highest BCUT2D eigenvalue weighted by Gasteiger charge is 2.70. The van der Waals surface area contributed by atoms with Crippen LogP contribution in [-0.2, 0) is 6.54 Å². The Morgan fingerprint density at radius 3 is 2.81 bits per heavy atom. The fourth-order valence-electron chi connectivity index (χ4n) is 8.21. The maximum Gasteiger partial charge on any atom is 0.268 e. The lowest BCUT2D eigenvalue weighted by atomic mass is 9.55. The summed E-state index contributed by atoms with van der Waals surface area (Å²) >= 11 is 0. The van der Waals surface area contributed by atoms with Crippen LogP contribution in [0.15, 0.2) is 24.4 Å². The Hall–Kier alpha value is -1.96. The smallest absolute Gasteiger partial charge is 0.268 e. The van der Waals surface area contributed by atoms with Crippen LogP contribution in [0.1, 0.15) is 54.7 Å². The number of hydrogen-bond donors (Lipinski definition) is 3. The summed E-state index contributed by atoms with van der Waals surface area (Å²) in [6, 6.07) is 5.66. The second kappa shape index (κ2) is 7.54. The predicted octanol–water partition coefficient (Wildman–Crippen LogP) is 2.07. The van der Waals surface area contributed by atoms with Crippen LogP contribution >= 0.6 is 0 Å². The maximum atomic E-state index is 13.2. The van der Waals surface area contributed by atoms with Crippen LogP contribution in [0.5, 0.6) is 0 Å². The molecule has 7 heteroatoms. The van der Waals surface area contributed by atoms with Crippen LogP contribution in [0, 0.1) is 28.6 Å². The SMILES string of the molecule is O=C(NCC12CC3CC4CC(C1)C4(C3)C2)c1cccc2nc(CN(CCO)CCO)cn12. The number of imidazole rings is 1. The Kier molecular flexibility index (Phi) is 4.86. The number of nitrogens with one attached hydrogen (secondary N) is 1. The average Bonchev–Trinajstić information content (AvgIpc) is 3.32. The highest BCUT2D eigenvalue weighted by molar-refractivity contribution is 5.93. The summed E-state index contributed by atoms with van der Waals surface area (Å²) in [5.74, 6) is 2.76. The zero-order valence-corrected chi connectivity index (χ0v) is 18.7. The van der Waals surface area contributed by atoms with Crippen molar-refractivity contribution >= 4 is 11.6 Å². The molecule has 2 heterocycles. The molecule has 0 saturated heterocycles. The van der Waals surface area contributed by atoms with E-state index in [0.717, 1.165) is 35.6 Å². The minimum Gasteiger partial charge on any atom is -0.395 e. The first-order valence-electron chi connectivity index (χ1n) is 12.2. The molecule has 1 spiro atoms. The molecule has 5 atom stereocenters. The number of nitrogens with zero attached hydrogens (tertiary/aromatic N) is 3. The minimum atomic E-state index is -0.0253. The molecule has 3 N–H and O–H groups in total. The van der Waals surface area contributed by atoms with E-state index in [2.05, 4.69) is 10.3 Å². The highest BCUT2D eigenvalue weighted by Crippen LogP contribution is 2.78. The van der Waals surface area contributed by atoms with Crippen LogP contribution in [-0.4, -0.2) is 63.3 Å². The molecule has 2 aromatic rings. The largest absolute Gasteiger partial charge is 0.395 e. The van der Waals surface area contributed by atoms with Crippen molar-refractivity contribution in [3.8, 4) is 0 Å². The van der Waals surface area contributed by atoms with Crippen LogP contribution < -0.4 is 5.32 Å². The number of aliphatic hydroxyl groups excluding tert-OH is 2. The summed E-state index contributed by atoms with van der Waals surface area (Å²) in [4.78, 5) is 19.9. The fourth-order valence-corrected chi connectivity index (χ4v) is 8.21. The number of amides is 1. The van der Waals surface area contributed by atoms with Gasteiger partial charge < -0.3 is 15.5 Å². The summed E-state index contributed by atoms with van der Waals surface area (Å²) in [7, 11) is 0. The molecule has 1 amide bonds. The van der Waals surface area contributed by atoms with E-state index in [9.17, 15) is 15.0 Å². The van der Waals surface area contributed by atoms with E-state index in [1.54, 1.807) is 0 Å². The van der Waals surface area contributed by atoms with Crippen LogP contribution in [0.25, 0.3) is 5.65 Å². The van der Waals surface area contributed by atoms with Crippen molar-refractivity contribution in [2.75, 3.05) is 32.8 Å². The van der Waals surface area contributed by atoms with E-state index >= 15 is 0 Å². The van der Waals surface area contributed by atoms with Crippen molar-refractivity contribution in [1.29, 1.82) is 0 Å². The van der Waals surface area contributed by atoms with Crippen LogP contribution in [0.3, 0.4) is 0 Å². The first-order valence-corrected chi connectivity index (χ1v) is 12.2. The Morgan fingerprint density at radius 2 is 2.00 bits per heavy atom. The molecule has 4 aliphatic rings. The van der Waals surface area contributed by atoms with Crippen molar-refractivity contribution < 1.29 is 15.0 Å². The van der Waals surface area contributed by atoms with Gasteiger partial charge in [-0.25, -0.2) is 4.98 Å². The predicted molar refractivity (Wildman–Crippen MR) is 120 cm³/mol. The van der Waals surface area contributed by atoms with Gasteiger partial charge in [-0.2, -0.15) is 0 Å². The Morgan fingerprint density at radius 1 is 1.16 bits per heavy atom. The molecule has 5 unspecified atom stereocenters. The molecule has 4 aliphatic carbocycles. The molecular formula is C25H34N4O3. The second-order valence-corrected chi connectivity index (χ2v) is 11.0. The monoisotopic (exact) mass is 438 g/mol. The fraction of sp³-hybridized carbons (Fsp3) is 0.680. The quantitative estimate of drug-likeness (QED) is 0.558. The normalized spacial score (nSPS) is 34.3. The third-order valence-electron chi connectivity index (χ3n) is 9.20. The van der Waals surface area contributed by atoms with Gasteiger partial charge in [-0.15, -0.1) is 0 Å². The molecule has 4 fully saturated rings. The first-order chi connectivity index (χ1) is 15.5. The van der Waals surface area contributed by atoms with Gasteiger partial charge in [0.1, 0.15) is 11.3 Å². The summed E-state index contributed by atoms with van der Waals surface area (Å²) in [5.41, 5.74) is 3.14. The average molecular weight is 439 g/mol. The number of aromatic nitrogens is 2. The summed E-state index contributed by atoms with van der Waals surface area (Å²) < 4.78 is 1.87. The number of rotatable bonds is 9. The summed E-state index contributed by atoms with van der Waals surface area (Å²) in [5, 5.41) is 21.8. The first kappa shape index (κ1) is 20.6. The Balaban J connectivity index is 1.17. The number of hydrogen-bond acceptors (Lipinski definition) is 5. The van der Waals surface area contributed by atoms with Crippen molar-refractivity contribution in [2.24, 2.45) is 28.6 Å². The number of carbonyl (C=O) groups excluding carboxylic acids is 1. The van der Waals surface area contributed by atoms with Gasteiger partial charge in [0.05, 0.1) is 18.9 Å². The summed E-state index contributed by atoms with van der Waals surface area (Å²) in [6.07, 6.45) is 10.2. The van der Waals surface area contributed by atoms with Gasteiger partial charge in [0.25, 0.3) is 5.91 Å². The zero-order valence-electron chi connectivity index (χ0n) is 18.7. The van der Waals surface area contributed by atoms with Gasteiger partial charge in [0.2, 0.25) is 0 Å². The van der Waals surface area contributed by atoms with Crippen LogP contribution in [0.2, 0.25) is 0 Å². The molecule has 4 saturated carbocycles. The third-order valence-corrected chi connectivity index (χ3v) is 9.20. The van der Waals surface area contributed by atoms with Gasteiger partial charge in [-0.05, 0) is 79.2 Å². The van der Waals surface area contributed by atoms with Crippen molar-refractivity contribution in [3.63, 3.8) is 0 Å². The van der Waals surface area contributed by atoms with Crippen molar-refractivity contribution in [3.05, 3.63) is 35.8 Å². The molecule has 0 radical (unpaired) electrons. The Labute approximate surface area is 188 Å². The minimum absolute atomic E-state index is 0.0253. The van der Waals surface area contributed by atoms with Crippen LogP contribution in [0.4, 0.5) is 0 Å². The number of fused-ring (bicyclic) bond motifs is 3. The van der Waals surface area contributed by atoms with E-state index in [4.69, 9.17) is 0 Å². The lowest BCUT2D eigenvalue weighted by molar-refractivity contribution is -0.00254. The molecule has 2 aromatic heterocycles. The van der Waals surface area contributed by atoms with E-state index in [-0.39, 0.29) is 19.1 Å². The van der Waals surface area contributed by atoms with E-state index < -0.39 is 0 Å². The van der Waals surface area contributed by atoms with Gasteiger partial charge in [-0.1, -0.05) is 6.07 Å². The molecule has 7 nitrogen and oxygen atoms in total. The zero-order chi connectivity index (χ0) is 21.9. The molecule has 6 rings (SSSR count). The second-order valence-electron chi connectivity index (χ2n) is 11.0. The summed E-state index contributed by atoms with van der Waals surface area (Å²) in [6.45, 7) is 2.35. The molecule has 32 heavy (non-hydrogen) atoms. The third kappa shape index (κ3) is 3.12. The lowest BCUT2D eigenvalue weighted by Crippen LogP contribution is -2.43. The molecule has 0 aromatic carbocycles. The molecule has 3 bridgehead atoms. The standard InChI is InChI=1S/C25H34N4O3/c30-6-4-28(5-7-31)13-20-14-29-21(2-1-3-22(29)27-20)23(32)26-16-24-10-17-8-18-9-19(12-24)25(18,11-17)15-24/h1-3,14,17-19,30-31H,4-13,15-16H2,(H,26,32). The number of carbonyl (C=O) groups is 1. The number of pyridine rings is 1. The van der Waals surface area contributed by atoms with Crippen molar-refractivity contribution in [2.45, 2.75) is 45.1 Å².